The fourth-order valence-electron chi connectivity index (χ4n) is 1.78. The Labute approximate surface area is 109 Å². The molecule has 102 valence electrons. The highest BCUT2D eigenvalue weighted by atomic mass is 16.2. The Hall–Kier alpha value is -2.29. The number of hydrazine groups is 1. The van der Waals surface area contributed by atoms with Crippen molar-refractivity contribution in [2.75, 3.05) is 5.73 Å². The molecule has 1 aliphatic rings. The van der Waals surface area contributed by atoms with Gasteiger partial charge in [0.1, 0.15) is 5.56 Å². The molecule has 1 aromatic heterocycles. The summed E-state index contributed by atoms with van der Waals surface area (Å²) in [5.74, 6) is 3.90. The molecule has 0 radical (unpaired) electrons. The van der Waals surface area contributed by atoms with Gasteiger partial charge in [-0.1, -0.05) is 20.8 Å². The van der Waals surface area contributed by atoms with Gasteiger partial charge in [-0.2, -0.15) is 9.80 Å². The number of nitrogens with one attached hydrogen (secondary N) is 1. The van der Waals surface area contributed by atoms with E-state index in [1.165, 1.54) is 0 Å². The normalized spacial score (nSPS) is 18.3. The van der Waals surface area contributed by atoms with Crippen LogP contribution in [0.15, 0.2) is 10.2 Å². The first-order valence-corrected chi connectivity index (χ1v) is 5.62. The van der Waals surface area contributed by atoms with Crippen LogP contribution in [0, 0.1) is 5.41 Å². The van der Waals surface area contributed by atoms with Crippen molar-refractivity contribution < 1.29 is 9.59 Å². The van der Waals surface area contributed by atoms with Gasteiger partial charge >= 0.3 is 0 Å². The van der Waals surface area contributed by atoms with Crippen molar-refractivity contribution in [3.63, 3.8) is 0 Å². The predicted octanol–water partition coefficient (Wildman–Crippen LogP) is 0.221. The standard InChI is InChI=1S/C10H15N7O2/c1-10(2,3)5-9(19)17-7(15-14-5)4(6(11)16-17)8(18)13-12/h5H,12H2,1-3H3,(H2,11,16)(H,13,18). The van der Waals surface area contributed by atoms with Crippen LogP contribution in [0.2, 0.25) is 0 Å². The number of nitrogens with zero attached hydrogens (tertiary/aromatic N) is 4. The third-order valence-corrected chi connectivity index (χ3v) is 2.78. The number of azo groups is 1. The summed E-state index contributed by atoms with van der Waals surface area (Å²) in [6.07, 6.45) is 0. The number of carbonyl (C=O) groups is 2. The van der Waals surface area contributed by atoms with E-state index >= 15 is 0 Å². The zero-order valence-electron chi connectivity index (χ0n) is 10.8. The summed E-state index contributed by atoms with van der Waals surface area (Å²) in [6, 6.07) is -0.673. The number of aromatic nitrogens is 2. The first-order chi connectivity index (χ1) is 8.77. The average Bonchev–Trinajstić information content (AvgIpc) is 2.64. The Morgan fingerprint density at radius 2 is 2.05 bits per heavy atom. The second-order valence-corrected chi connectivity index (χ2v) is 5.29. The molecular weight excluding hydrogens is 250 g/mol. The molecule has 2 rings (SSSR count). The van der Waals surface area contributed by atoms with Crippen molar-refractivity contribution in [2.24, 2.45) is 21.5 Å². The van der Waals surface area contributed by atoms with Gasteiger partial charge in [0, 0.05) is 0 Å². The fraction of sp³-hybridized carbons (Fsp3) is 0.500. The van der Waals surface area contributed by atoms with Crippen LogP contribution in [0.1, 0.15) is 35.9 Å². The third kappa shape index (κ3) is 1.97. The lowest BCUT2D eigenvalue weighted by atomic mass is 9.86. The monoisotopic (exact) mass is 265 g/mol. The zero-order valence-corrected chi connectivity index (χ0v) is 10.8. The van der Waals surface area contributed by atoms with E-state index in [2.05, 4.69) is 15.3 Å². The number of nitrogens with two attached hydrogens (primary N) is 2. The van der Waals surface area contributed by atoms with Crippen LogP contribution in [-0.4, -0.2) is 27.6 Å². The summed E-state index contributed by atoms with van der Waals surface area (Å²) in [4.78, 5) is 23.8. The Balaban J connectivity index is 2.54. The van der Waals surface area contributed by atoms with Gasteiger partial charge in [-0.25, -0.2) is 5.84 Å². The van der Waals surface area contributed by atoms with E-state index in [1.807, 2.05) is 26.2 Å². The number of anilines is 1. The summed E-state index contributed by atoms with van der Waals surface area (Å²) in [5.41, 5.74) is 7.08. The van der Waals surface area contributed by atoms with Gasteiger partial charge in [-0.3, -0.25) is 15.0 Å². The average molecular weight is 265 g/mol. The lowest BCUT2D eigenvalue weighted by Gasteiger charge is -2.26. The van der Waals surface area contributed by atoms with E-state index in [-0.39, 0.29) is 23.1 Å². The van der Waals surface area contributed by atoms with Crippen molar-refractivity contribution in [2.45, 2.75) is 26.8 Å². The highest BCUT2D eigenvalue weighted by molar-refractivity contribution is 6.04. The highest BCUT2D eigenvalue weighted by Gasteiger charge is 2.39. The lowest BCUT2D eigenvalue weighted by Crippen LogP contribution is -2.38. The molecule has 9 heteroatoms. The van der Waals surface area contributed by atoms with Crippen LogP contribution in [0.25, 0.3) is 0 Å². The Kier molecular flexibility index (Phi) is 2.85. The topological polar surface area (TPSA) is 141 Å². The van der Waals surface area contributed by atoms with Crippen LogP contribution in [0.4, 0.5) is 11.6 Å². The molecule has 0 saturated carbocycles. The molecule has 0 fully saturated rings. The molecule has 9 nitrogen and oxygen atoms in total. The summed E-state index contributed by atoms with van der Waals surface area (Å²) in [7, 11) is 0. The van der Waals surface area contributed by atoms with Crippen LogP contribution in [0.3, 0.4) is 0 Å². The second kappa shape index (κ2) is 4.12. The van der Waals surface area contributed by atoms with Gasteiger partial charge in [-0.15, -0.1) is 10.2 Å². The maximum absolute atomic E-state index is 12.3. The Morgan fingerprint density at radius 1 is 1.42 bits per heavy atom. The van der Waals surface area contributed by atoms with Gasteiger partial charge in [-0.05, 0) is 5.41 Å². The fourth-order valence-corrected chi connectivity index (χ4v) is 1.78. The molecule has 0 aliphatic carbocycles. The van der Waals surface area contributed by atoms with E-state index in [4.69, 9.17) is 11.6 Å². The number of hydrogen-bond acceptors (Lipinski definition) is 7. The van der Waals surface area contributed by atoms with Gasteiger partial charge in [0.25, 0.3) is 11.8 Å². The quantitative estimate of drug-likeness (QED) is 0.378. The number of rotatable bonds is 1. The molecule has 0 spiro atoms. The van der Waals surface area contributed by atoms with Crippen molar-refractivity contribution in [3.05, 3.63) is 5.56 Å². The molecule has 0 saturated heterocycles. The molecule has 1 unspecified atom stereocenters. The van der Waals surface area contributed by atoms with Crippen LogP contribution in [-0.2, 0) is 0 Å². The van der Waals surface area contributed by atoms with Gasteiger partial charge in [0.2, 0.25) is 0 Å². The summed E-state index contributed by atoms with van der Waals surface area (Å²) >= 11 is 0. The Morgan fingerprint density at radius 3 is 2.58 bits per heavy atom. The number of hydrogen-bond donors (Lipinski definition) is 3. The molecule has 19 heavy (non-hydrogen) atoms. The van der Waals surface area contributed by atoms with E-state index in [0.29, 0.717) is 0 Å². The molecule has 1 atom stereocenters. The first kappa shape index (κ1) is 13.1. The molecule has 0 bridgehead atoms. The molecule has 0 aromatic carbocycles. The molecule has 5 N–H and O–H groups in total. The minimum atomic E-state index is -0.673. The number of carbonyl (C=O) groups excluding carboxylic acids is 2. The molecule has 1 aromatic rings. The number of fused-ring (bicyclic) bond motifs is 1. The van der Waals surface area contributed by atoms with E-state index in [1.54, 1.807) is 0 Å². The first-order valence-electron chi connectivity index (χ1n) is 5.62. The van der Waals surface area contributed by atoms with Crippen molar-refractivity contribution in [1.82, 2.24) is 15.2 Å². The number of nitrogen functional groups attached to an aromatic ring is 2. The van der Waals surface area contributed by atoms with Crippen molar-refractivity contribution in [1.29, 1.82) is 0 Å². The van der Waals surface area contributed by atoms with Gasteiger partial charge < -0.3 is 5.73 Å². The van der Waals surface area contributed by atoms with Gasteiger partial charge in [0.05, 0.1) is 0 Å². The van der Waals surface area contributed by atoms with Gasteiger partial charge in [0.15, 0.2) is 17.7 Å². The molecule has 2 heterocycles. The minimum Gasteiger partial charge on any atom is -0.381 e. The van der Waals surface area contributed by atoms with Crippen LogP contribution in [0.5, 0.6) is 0 Å². The van der Waals surface area contributed by atoms with Crippen LogP contribution >= 0.6 is 0 Å². The summed E-state index contributed by atoms with van der Waals surface area (Å²) in [5, 5.41) is 11.7. The number of amides is 1. The zero-order chi connectivity index (χ0) is 14.4. The minimum absolute atomic E-state index is 0.00551. The second-order valence-electron chi connectivity index (χ2n) is 5.29. The van der Waals surface area contributed by atoms with E-state index < -0.39 is 17.4 Å². The molecule has 1 amide bonds. The molecule has 1 aliphatic heterocycles. The highest BCUT2D eigenvalue weighted by Crippen LogP contribution is 2.34. The summed E-state index contributed by atoms with van der Waals surface area (Å²) < 4.78 is 1.00. The maximum Gasteiger partial charge on any atom is 0.276 e. The van der Waals surface area contributed by atoms with E-state index in [9.17, 15) is 9.59 Å². The lowest BCUT2D eigenvalue weighted by molar-refractivity contribution is 0.0786. The molecular formula is C10H15N7O2. The van der Waals surface area contributed by atoms with Crippen molar-refractivity contribution >= 4 is 23.5 Å². The smallest absolute Gasteiger partial charge is 0.276 e. The largest absolute Gasteiger partial charge is 0.381 e. The summed E-state index contributed by atoms with van der Waals surface area (Å²) in [6.45, 7) is 5.58. The van der Waals surface area contributed by atoms with E-state index in [0.717, 1.165) is 4.68 Å². The Bertz CT molecular complexity index is 581. The van der Waals surface area contributed by atoms with Crippen molar-refractivity contribution in [3.8, 4) is 0 Å². The SMILES string of the molecule is CC(C)(C)C1N=Nc2c(C(=O)NN)c(N)nn2C1=O. The third-order valence-electron chi connectivity index (χ3n) is 2.78. The maximum atomic E-state index is 12.3. The predicted molar refractivity (Wildman–Crippen MR) is 66.7 cm³/mol. The van der Waals surface area contributed by atoms with Crippen LogP contribution < -0.4 is 17.0 Å².